The van der Waals surface area contributed by atoms with Gasteiger partial charge in [-0.05, 0) is 59.2 Å². The smallest absolute Gasteiger partial charge is 0.239 e. The van der Waals surface area contributed by atoms with E-state index in [1.54, 1.807) is 0 Å². The summed E-state index contributed by atoms with van der Waals surface area (Å²) in [6.07, 6.45) is 0.138. The second kappa shape index (κ2) is 9.91. The van der Waals surface area contributed by atoms with Crippen LogP contribution in [0.4, 0.5) is 0 Å². The molecule has 0 radical (unpaired) electrons. The summed E-state index contributed by atoms with van der Waals surface area (Å²) in [5.41, 5.74) is 0.806. The number of guanidine groups is 1. The summed E-state index contributed by atoms with van der Waals surface area (Å²) < 4.78 is 5.70. The predicted molar refractivity (Wildman–Crippen MR) is 103 cm³/mol. The Morgan fingerprint density at radius 1 is 1.24 bits per heavy atom. The molecule has 0 unspecified atom stereocenters. The number of rotatable bonds is 7. The topological polar surface area (TPSA) is 74.8 Å². The molecule has 0 aliphatic rings. The van der Waals surface area contributed by atoms with E-state index in [0.29, 0.717) is 12.5 Å². The molecule has 0 bridgehead atoms. The summed E-state index contributed by atoms with van der Waals surface area (Å²) in [5, 5.41) is 9.12. The number of ether oxygens (including phenoxy) is 1. The zero-order valence-corrected chi connectivity index (χ0v) is 16.3. The third-order valence-corrected chi connectivity index (χ3v) is 2.97. The average Bonchev–Trinajstić information content (AvgIpc) is 2.48. The first-order chi connectivity index (χ1) is 11.7. The van der Waals surface area contributed by atoms with E-state index in [-0.39, 0.29) is 24.1 Å². The van der Waals surface area contributed by atoms with E-state index < -0.39 is 0 Å². The van der Waals surface area contributed by atoms with Gasteiger partial charge in [0.25, 0.3) is 0 Å². The number of aliphatic imine (C=N–C) groups is 1. The van der Waals surface area contributed by atoms with Crippen LogP contribution >= 0.6 is 0 Å². The molecule has 6 nitrogen and oxygen atoms in total. The van der Waals surface area contributed by atoms with Gasteiger partial charge in [-0.2, -0.15) is 0 Å². The maximum absolute atomic E-state index is 11.9. The number of nitrogens with one attached hydrogen (secondary N) is 3. The Balaban J connectivity index is 2.64. The van der Waals surface area contributed by atoms with E-state index in [9.17, 15) is 4.79 Å². The van der Waals surface area contributed by atoms with Gasteiger partial charge in [0.15, 0.2) is 5.96 Å². The lowest BCUT2D eigenvalue weighted by Gasteiger charge is -2.21. The van der Waals surface area contributed by atoms with E-state index >= 15 is 0 Å². The molecule has 0 aromatic heterocycles. The second-order valence-corrected chi connectivity index (χ2v) is 7.16. The highest BCUT2D eigenvalue weighted by Crippen LogP contribution is 2.15. The van der Waals surface area contributed by atoms with Gasteiger partial charge in [0, 0.05) is 12.1 Å². The largest absolute Gasteiger partial charge is 0.491 e. The van der Waals surface area contributed by atoms with Gasteiger partial charge < -0.3 is 20.7 Å². The Morgan fingerprint density at radius 3 is 2.56 bits per heavy atom. The highest BCUT2D eigenvalue weighted by atomic mass is 16.5. The Hall–Kier alpha value is -2.24. The molecule has 140 valence electrons. The van der Waals surface area contributed by atoms with E-state index in [1.165, 1.54) is 0 Å². The quantitative estimate of drug-likeness (QED) is 0.523. The van der Waals surface area contributed by atoms with Crippen molar-refractivity contribution >= 4 is 11.9 Å². The molecule has 1 aromatic carbocycles. The van der Waals surface area contributed by atoms with Crippen LogP contribution in [0.1, 0.15) is 47.1 Å². The van der Waals surface area contributed by atoms with Crippen molar-refractivity contribution in [3.05, 3.63) is 29.8 Å². The summed E-state index contributed by atoms with van der Waals surface area (Å²) in [5.74, 6) is 1.39. The molecule has 1 aromatic rings. The van der Waals surface area contributed by atoms with Gasteiger partial charge in [-0.15, -0.1) is 0 Å². The number of nitrogens with zero attached hydrogens (tertiary/aromatic N) is 1. The maximum atomic E-state index is 11.9. The maximum Gasteiger partial charge on any atom is 0.239 e. The van der Waals surface area contributed by atoms with Gasteiger partial charge >= 0.3 is 0 Å². The van der Waals surface area contributed by atoms with Crippen molar-refractivity contribution in [1.29, 1.82) is 0 Å². The predicted octanol–water partition coefficient (Wildman–Crippen LogP) is 2.44. The molecule has 0 saturated carbocycles. The van der Waals surface area contributed by atoms with Crippen LogP contribution in [-0.2, 0) is 11.3 Å². The zero-order chi connectivity index (χ0) is 18.9. The van der Waals surface area contributed by atoms with E-state index in [2.05, 4.69) is 20.9 Å². The SMILES string of the molecule is CCNC(=NCc1cccc(OC(C)C)c1)NCC(=O)NC(C)(C)C. The van der Waals surface area contributed by atoms with E-state index in [0.717, 1.165) is 17.9 Å². The summed E-state index contributed by atoms with van der Waals surface area (Å²) in [6, 6.07) is 7.89. The first-order valence-corrected chi connectivity index (χ1v) is 8.78. The molecular weight excluding hydrogens is 316 g/mol. The molecule has 1 amide bonds. The standard InChI is InChI=1S/C19H32N4O2/c1-7-20-18(22-13-17(24)23-19(4,5)6)21-12-15-9-8-10-16(11-15)25-14(2)3/h8-11,14H,7,12-13H2,1-6H3,(H,23,24)(H2,20,21,22). The lowest BCUT2D eigenvalue weighted by Crippen LogP contribution is -2.48. The van der Waals surface area contributed by atoms with Crippen molar-refractivity contribution in [1.82, 2.24) is 16.0 Å². The van der Waals surface area contributed by atoms with Gasteiger partial charge in [0.2, 0.25) is 5.91 Å². The van der Waals surface area contributed by atoms with Crippen LogP contribution in [0.15, 0.2) is 29.3 Å². The molecular formula is C19H32N4O2. The fourth-order valence-electron chi connectivity index (χ4n) is 2.13. The molecule has 0 aliphatic carbocycles. The number of amides is 1. The van der Waals surface area contributed by atoms with Crippen molar-refractivity contribution in [3.8, 4) is 5.75 Å². The third kappa shape index (κ3) is 9.59. The van der Waals surface area contributed by atoms with Gasteiger partial charge in [0.05, 0.1) is 19.2 Å². The van der Waals surface area contributed by atoms with Crippen molar-refractivity contribution in [2.45, 2.75) is 59.7 Å². The van der Waals surface area contributed by atoms with Gasteiger partial charge in [-0.25, -0.2) is 4.99 Å². The summed E-state index contributed by atoms with van der Waals surface area (Å²) in [4.78, 5) is 16.4. The highest BCUT2D eigenvalue weighted by molar-refractivity contribution is 5.86. The molecule has 0 aliphatic heterocycles. The summed E-state index contributed by atoms with van der Waals surface area (Å²) >= 11 is 0. The van der Waals surface area contributed by atoms with Crippen LogP contribution < -0.4 is 20.7 Å². The fraction of sp³-hybridized carbons (Fsp3) is 0.579. The highest BCUT2D eigenvalue weighted by Gasteiger charge is 2.13. The normalized spacial score (nSPS) is 12.0. The van der Waals surface area contributed by atoms with Gasteiger partial charge in [-0.3, -0.25) is 4.79 Å². The van der Waals surface area contributed by atoms with Crippen molar-refractivity contribution in [2.75, 3.05) is 13.1 Å². The Labute approximate surface area is 151 Å². The lowest BCUT2D eigenvalue weighted by molar-refractivity contribution is -0.121. The van der Waals surface area contributed by atoms with Crippen LogP contribution in [0.25, 0.3) is 0 Å². The number of benzene rings is 1. The minimum Gasteiger partial charge on any atom is -0.491 e. The Kier molecular flexibility index (Phi) is 8.25. The Bertz CT molecular complexity index is 577. The number of hydrogen-bond donors (Lipinski definition) is 3. The van der Waals surface area contributed by atoms with Crippen LogP contribution in [0.3, 0.4) is 0 Å². The molecule has 0 spiro atoms. The first kappa shape index (κ1) is 20.8. The summed E-state index contributed by atoms with van der Waals surface area (Å²) in [6.45, 7) is 13.3. The zero-order valence-electron chi connectivity index (χ0n) is 16.3. The molecule has 0 fully saturated rings. The molecule has 0 atom stereocenters. The van der Waals surface area contributed by atoms with Crippen molar-refractivity contribution in [2.24, 2.45) is 4.99 Å². The molecule has 3 N–H and O–H groups in total. The second-order valence-electron chi connectivity index (χ2n) is 7.16. The average molecular weight is 348 g/mol. The fourth-order valence-corrected chi connectivity index (χ4v) is 2.13. The molecule has 0 heterocycles. The van der Waals surface area contributed by atoms with Crippen LogP contribution in [0.5, 0.6) is 5.75 Å². The minimum absolute atomic E-state index is 0.0644. The van der Waals surface area contributed by atoms with Crippen LogP contribution in [-0.4, -0.2) is 36.6 Å². The molecule has 25 heavy (non-hydrogen) atoms. The summed E-state index contributed by atoms with van der Waals surface area (Å²) in [7, 11) is 0. The first-order valence-electron chi connectivity index (χ1n) is 8.78. The molecule has 1 rings (SSSR count). The van der Waals surface area contributed by atoms with Gasteiger partial charge in [0.1, 0.15) is 5.75 Å². The Morgan fingerprint density at radius 2 is 1.96 bits per heavy atom. The number of carbonyl (C=O) groups excluding carboxylic acids is 1. The van der Waals surface area contributed by atoms with E-state index in [4.69, 9.17) is 4.74 Å². The third-order valence-electron chi connectivity index (χ3n) is 2.97. The lowest BCUT2D eigenvalue weighted by atomic mass is 10.1. The van der Waals surface area contributed by atoms with Crippen molar-refractivity contribution in [3.63, 3.8) is 0 Å². The van der Waals surface area contributed by atoms with Gasteiger partial charge in [-0.1, -0.05) is 12.1 Å². The number of hydrogen-bond acceptors (Lipinski definition) is 3. The molecule has 0 saturated heterocycles. The minimum atomic E-state index is -0.245. The molecule has 6 heteroatoms. The van der Waals surface area contributed by atoms with E-state index in [1.807, 2.05) is 65.8 Å². The monoisotopic (exact) mass is 348 g/mol. The van der Waals surface area contributed by atoms with Crippen LogP contribution in [0, 0.1) is 0 Å². The van der Waals surface area contributed by atoms with Crippen molar-refractivity contribution < 1.29 is 9.53 Å². The number of carbonyl (C=O) groups is 1. The van der Waals surface area contributed by atoms with Crippen LogP contribution in [0.2, 0.25) is 0 Å².